The summed E-state index contributed by atoms with van der Waals surface area (Å²) in [7, 11) is 0. The molecule has 34 heavy (non-hydrogen) atoms. The molecule has 10 heteroatoms. The van der Waals surface area contributed by atoms with Gasteiger partial charge >= 0.3 is 0 Å². The number of benzene rings is 2. The van der Waals surface area contributed by atoms with Crippen LogP contribution in [-0.4, -0.2) is 45.9 Å². The van der Waals surface area contributed by atoms with E-state index in [0.29, 0.717) is 43.6 Å². The number of piperidine rings is 1. The SMILES string of the molecule is O=C(CC1CCN(C(=O)c2nnc(C(=O)Nc3ccccc3)s2)CC1)NCc1ccccc1F. The van der Waals surface area contributed by atoms with Crippen molar-refractivity contribution >= 4 is 34.7 Å². The van der Waals surface area contributed by atoms with Crippen LogP contribution >= 0.6 is 11.3 Å². The van der Waals surface area contributed by atoms with Gasteiger partial charge in [0.15, 0.2) is 0 Å². The zero-order valence-corrected chi connectivity index (χ0v) is 19.2. The summed E-state index contributed by atoms with van der Waals surface area (Å²) in [4.78, 5) is 39.1. The predicted octanol–water partition coefficient (Wildman–Crippen LogP) is 3.49. The normalized spacial score (nSPS) is 14.0. The molecule has 0 spiro atoms. The van der Waals surface area contributed by atoms with Gasteiger partial charge in [-0.1, -0.05) is 47.7 Å². The van der Waals surface area contributed by atoms with E-state index in [1.807, 2.05) is 6.07 Å². The fraction of sp³-hybridized carbons (Fsp3) is 0.292. The van der Waals surface area contributed by atoms with Crippen LogP contribution in [0.2, 0.25) is 0 Å². The Balaban J connectivity index is 1.23. The number of aromatic nitrogens is 2. The Kier molecular flexibility index (Phi) is 7.58. The Morgan fingerprint density at radius 2 is 1.65 bits per heavy atom. The molecule has 0 saturated carbocycles. The molecule has 3 amide bonds. The first kappa shape index (κ1) is 23.5. The highest BCUT2D eigenvalue weighted by molar-refractivity contribution is 7.15. The maximum absolute atomic E-state index is 13.7. The van der Waals surface area contributed by atoms with Crippen molar-refractivity contribution in [3.05, 3.63) is 76.0 Å². The van der Waals surface area contributed by atoms with Gasteiger partial charge in [-0.15, -0.1) is 10.2 Å². The number of likely N-dealkylation sites (tertiary alicyclic amines) is 1. The van der Waals surface area contributed by atoms with Gasteiger partial charge in [0, 0.05) is 37.3 Å². The number of rotatable bonds is 7. The number of carbonyl (C=O) groups excluding carboxylic acids is 3. The van der Waals surface area contributed by atoms with Gasteiger partial charge in [0.25, 0.3) is 11.8 Å². The van der Waals surface area contributed by atoms with Crippen LogP contribution in [0.3, 0.4) is 0 Å². The first-order valence-corrected chi connectivity index (χ1v) is 11.8. The molecule has 1 aliphatic heterocycles. The van der Waals surface area contributed by atoms with Gasteiger partial charge < -0.3 is 15.5 Å². The second-order valence-corrected chi connectivity index (χ2v) is 9.02. The third-order valence-corrected chi connectivity index (χ3v) is 6.55. The van der Waals surface area contributed by atoms with Crippen molar-refractivity contribution in [1.29, 1.82) is 0 Å². The van der Waals surface area contributed by atoms with Gasteiger partial charge in [-0.3, -0.25) is 14.4 Å². The summed E-state index contributed by atoms with van der Waals surface area (Å²) in [5.41, 5.74) is 1.08. The van der Waals surface area contributed by atoms with Gasteiger partial charge in [0.05, 0.1) is 0 Å². The Morgan fingerprint density at radius 3 is 2.38 bits per heavy atom. The first-order valence-electron chi connectivity index (χ1n) is 11.0. The van der Waals surface area contributed by atoms with E-state index >= 15 is 0 Å². The van der Waals surface area contributed by atoms with E-state index in [9.17, 15) is 18.8 Å². The van der Waals surface area contributed by atoms with Gasteiger partial charge in [-0.2, -0.15) is 0 Å². The lowest BCUT2D eigenvalue weighted by Crippen LogP contribution is -2.39. The number of hydrogen-bond acceptors (Lipinski definition) is 6. The molecule has 1 fully saturated rings. The summed E-state index contributed by atoms with van der Waals surface area (Å²) in [5.74, 6) is -1.01. The van der Waals surface area contributed by atoms with Crippen molar-refractivity contribution in [2.75, 3.05) is 18.4 Å². The maximum Gasteiger partial charge on any atom is 0.286 e. The number of halogens is 1. The number of nitrogens with zero attached hydrogens (tertiary/aromatic N) is 3. The molecule has 2 heterocycles. The quantitative estimate of drug-likeness (QED) is 0.538. The van der Waals surface area contributed by atoms with Gasteiger partial charge in [-0.05, 0) is 37.0 Å². The molecular weight excluding hydrogens is 457 g/mol. The Labute approximate surface area is 200 Å². The van der Waals surface area contributed by atoms with E-state index in [4.69, 9.17) is 0 Å². The lowest BCUT2D eigenvalue weighted by atomic mass is 9.93. The zero-order valence-electron chi connectivity index (χ0n) is 18.4. The number of anilines is 1. The molecule has 8 nitrogen and oxygen atoms in total. The molecule has 176 valence electrons. The fourth-order valence-electron chi connectivity index (χ4n) is 3.75. The van der Waals surface area contributed by atoms with Crippen LogP contribution in [0, 0.1) is 11.7 Å². The number of amides is 3. The van der Waals surface area contributed by atoms with Gasteiger partial charge in [0.1, 0.15) is 5.82 Å². The van der Waals surface area contributed by atoms with Crippen molar-refractivity contribution in [2.24, 2.45) is 5.92 Å². The minimum atomic E-state index is -0.414. The van der Waals surface area contributed by atoms with Crippen molar-refractivity contribution in [1.82, 2.24) is 20.4 Å². The fourth-order valence-corrected chi connectivity index (χ4v) is 4.46. The van der Waals surface area contributed by atoms with Crippen molar-refractivity contribution in [3.63, 3.8) is 0 Å². The topological polar surface area (TPSA) is 104 Å². The number of carbonyl (C=O) groups is 3. The smallest absolute Gasteiger partial charge is 0.286 e. The second kappa shape index (κ2) is 11.0. The summed E-state index contributed by atoms with van der Waals surface area (Å²) in [6.45, 7) is 1.14. The second-order valence-electron chi connectivity index (χ2n) is 8.04. The van der Waals surface area contributed by atoms with Crippen LogP contribution < -0.4 is 10.6 Å². The largest absolute Gasteiger partial charge is 0.352 e. The summed E-state index contributed by atoms with van der Waals surface area (Å²) in [6, 6.07) is 15.3. The predicted molar refractivity (Wildman–Crippen MR) is 126 cm³/mol. The van der Waals surface area contributed by atoms with Crippen molar-refractivity contribution in [3.8, 4) is 0 Å². The highest BCUT2D eigenvalue weighted by Gasteiger charge is 2.28. The standard InChI is InChI=1S/C24H24FN5O3S/c25-19-9-5-4-6-17(19)15-26-20(31)14-16-10-12-30(13-11-16)24(33)23-29-28-22(34-23)21(32)27-18-7-2-1-3-8-18/h1-9,16H,10-15H2,(H,26,31)(H,27,32). The third-order valence-electron chi connectivity index (χ3n) is 5.64. The minimum Gasteiger partial charge on any atom is -0.352 e. The molecule has 0 radical (unpaired) electrons. The summed E-state index contributed by atoms with van der Waals surface area (Å²) < 4.78 is 13.7. The minimum absolute atomic E-state index is 0.119. The molecule has 1 saturated heterocycles. The molecule has 3 aromatic rings. The van der Waals surface area contributed by atoms with Crippen molar-refractivity contribution in [2.45, 2.75) is 25.8 Å². The molecule has 0 unspecified atom stereocenters. The van der Waals surface area contributed by atoms with Gasteiger partial charge in [0.2, 0.25) is 15.9 Å². The zero-order chi connectivity index (χ0) is 23.9. The third kappa shape index (κ3) is 6.02. The Hall–Kier alpha value is -3.66. The Bertz CT molecular complexity index is 1160. The summed E-state index contributed by atoms with van der Waals surface area (Å²) in [5, 5.41) is 13.5. The average Bonchev–Trinajstić information content (AvgIpc) is 3.35. The highest BCUT2D eigenvalue weighted by Crippen LogP contribution is 2.23. The molecule has 4 rings (SSSR count). The van der Waals surface area contributed by atoms with E-state index in [-0.39, 0.29) is 40.1 Å². The molecule has 0 atom stereocenters. The van der Waals surface area contributed by atoms with E-state index in [1.165, 1.54) is 6.07 Å². The van der Waals surface area contributed by atoms with Crippen LogP contribution in [0.4, 0.5) is 10.1 Å². The molecule has 2 N–H and O–H groups in total. The number of para-hydroxylation sites is 1. The summed E-state index contributed by atoms with van der Waals surface area (Å²) in [6.07, 6.45) is 1.69. The lowest BCUT2D eigenvalue weighted by molar-refractivity contribution is -0.122. The lowest BCUT2D eigenvalue weighted by Gasteiger charge is -2.31. The molecule has 1 aromatic heterocycles. The maximum atomic E-state index is 13.7. The van der Waals surface area contributed by atoms with Crippen LogP contribution in [0.15, 0.2) is 54.6 Å². The number of hydrogen-bond donors (Lipinski definition) is 2. The monoisotopic (exact) mass is 481 g/mol. The van der Waals surface area contributed by atoms with Gasteiger partial charge in [-0.25, -0.2) is 4.39 Å². The highest BCUT2D eigenvalue weighted by atomic mass is 32.1. The Morgan fingerprint density at radius 1 is 0.971 bits per heavy atom. The number of nitrogens with one attached hydrogen (secondary N) is 2. The molecule has 0 aliphatic carbocycles. The summed E-state index contributed by atoms with van der Waals surface area (Å²) >= 11 is 0.959. The van der Waals surface area contributed by atoms with E-state index in [2.05, 4.69) is 20.8 Å². The van der Waals surface area contributed by atoms with E-state index in [1.54, 1.807) is 47.4 Å². The van der Waals surface area contributed by atoms with Crippen LogP contribution in [0.1, 0.15) is 44.4 Å². The van der Waals surface area contributed by atoms with Crippen LogP contribution in [0.5, 0.6) is 0 Å². The molecule has 2 aromatic carbocycles. The molecular formula is C24H24FN5O3S. The molecule has 0 bridgehead atoms. The van der Waals surface area contributed by atoms with Crippen LogP contribution in [-0.2, 0) is 11.3 Å². The molecule has 1 aliphatic rings. The van der Waals surface area contributed by atoms with E-state index in [0.717, 1.165) is 11.3 Å². The average molecular weight is 482 g/mol. The first-order chi connectivity index (χ1) is 16.5. The van der Waals surface area contributed by atoms with Crippen molar-refractivity contribution < 1.29 is 18.8 Å². The van der Waals surface area contributed by atoms with E-state index < -0.39 is 5.91 Å². The van der Waals surface area contributed by atoms with Crippen LogP contribution in [0.25, 0.3) is 0 Å².